The molecule has 5 nitrogen and oxygen atoms in total. The second kappa shape index (κ2) is 4.89. The Morgan fingerprint density at radius 2 is 2.06 bits per heavy atom. The smallest absolute Gasteiger partial charge is 0.337 e. The second-order valence-electron chi connectivity index (χ2n) is 3.58. The number of hydrogen-bond donors (Lipinski definition) is 3. The van der Waals surface area contributed by atoms with Crippen molar-refractivity contribution in [3.63, 3.8) is 0 Å². The molecule has 1 aromatic carbocycles. The fraction of sp³-hybridized carbons (Fsp3) is 0. The maximum Gasteiger partial charge on any atom is 0.337 e. The van der Waals surface area contributed by atoms with E-state index in [0.29, 0.717) is 11.3 Å². The van der Waals surface area contributed by atoms with E-state index in [4.69, 9.17) is 10.8 Å². The lowest BCUT2D eigenvalue weighted by Crippen LogP contribution is -2.14. The first-order valence-corrected chi connectivity index (χ1v) is 5.98. The molecule has 1 amide bonds. The van der Waals surface area contributed by atoms with Crippen molar-refractivity contribution in [1.82, 2.24) is 0 Å². The lowest BCUT2D eigenvalue weighted by Gasteiger charge is -2.08. The number of hydrogen-bond acceptors (Lipinski definition) is 4. The molecule has 1 aromatic heterocycles. The molecule has 0 saturated heterocycles. The van der Waals surface area contributed by atoms with E-state index in [1.54, 1.807) is 16.8 Å². The largest absolute Gasteiger partial charge is 0.478 e. The molecule has 0 bridgehead atoms. The quantitative estimate of drug-likeness (QED) is 0.740. The van der Waals surface area contributed by atoms with Gasteiger partial charge in [-0.25, -0.2) is 4.79 Å². The Morgan fingerprint density at radius 3 is 2.67 bits per heavy atom. The predicted octanol–water partition coefficient (Wildman–Crippen LogP) is 2.28. The molecule has 1 heterocycles. The number of benzene rings is 1. The van der Waals surface area contributed by atoms with Crippen LogP contribution in [0.3, 0.4) is 0 Å². The number of carbonyl (C=O) groups is 2. The van der Waals surface area contributed by atoms with Gasteiger partial charge in [0.15, 0.2) is 0 Å². The molecule has 18 heavy (non-hydrogen) atoms. The van der Waals surface area contributed by atoms with E-state index in [2.05, 4.69) is 5.32 Å². The van der Waals surface area contributed by atoms with Gasteiger partial charge in [-0.3, -0.25) is 4.79 Å². The maximum absolute atomic E-state index is 11.8. The topological polar surface area (TPSA) is 92.4 Å². The van der Waals surface area contributed by atoms with Gasteiger partial charge in [-0.2, -0.15) is 11.3 Å². The fourth-order valence-electron chi connectivity index (χ4n) is 1.44. The number of carbonyl (C=O) groups excluding carboxylic acids is 1. The summed E-state index contributed by atoms with van der Waals surface area (Å²) >= 11 is 1.39. The SMILES string of the molecule is Nc1ccc(C(=O)O)c(NC(=O)c2ccsc2)c1. The lowest BCUT2D eigenvalue weighted by molar-refractivity contribution is 0.0698. The average molecular weight is 262 g/mol. The summed E-state index contributed by atoms with van der Waals surface area (Å²) in [6.45, 7) is 0. The van der Waals surface area contributed by atoms with Crippen LogP contribution in [0.1, 0.15) is 20.7 Å². The molecule has 2 rings (SSSR count). The van der Waals surface area contributed by atoms with Crippen LogP contribution in [-0.2, 0) is 0 Å². The zero-order chi connectivity index (χ0) is 13.1. The number of nitrogen functional groups attached to an aromatic ring is 1. The van der Waals surface area contributed by atoms with Crippen molar-refractivity contribution in [2.75, 3.05) is 11.1 Å². The minimum atomic E-state index is -1.12. The van der Waals surface area contributed by atoms with Crippen molar-refractivity contribution in [2.24, 2.45) is 0 Å². The number of carboxylic acid groups (broad SMARTS) is 1. The highest BCUT2D eigenvalue weighted by molar-refractivity contribution is 7.08. The van der Waals surface area contributed by atoms with E-state index in [9.17, 15) is 9.59 Å². The zero-order valence-electron chi connectivity index (χ0n) is 9.21. The Bertz CT molecular complexity index is 593. The van der Waals surface area contributed by atoms with Crippen molar-refractivity contribution in [1.29, 1.82) is 0 Å². The van der Waals surface area contributed by atoms with E-state index in [0.717, 1.165) is 0 Å². The maximum atomic E-state index is 11.8. The highest BCUT2D eigenvalue weighted by atomic mass is 32.1. The summed E-state index contributed by atoms with van der Waals surface area (Å²) in [5, 5.41) is 15.0. The average Bonchev–Trinajstić information content (AvgIpc) is 2.81. The van der Waals surface area contributed by atoms with Gasteiger partial charge in [0.1, 0.15) is 0 Å². The number of rotatable bonds is 3. The van der Waals surface area contributed by atoms with Gasteiger partial charge in [0.25, 0.3) is 5.91 Å². The van der Waals surface area contributed by atoms with Crippen LogP contribution in [-0.4, -0.2) is 17.0 Å². The van der Waals surface area contributed by atoms with E-state index >= 15 is 0 Å². The summed E-state index contributed by atoms with van der Waals surface area (Å²) in [5.41, 5.74) is 6.65. The molecule has 0 unspecified atom stereocenters. The summed E-state index contributed by atoms with van der Waals surface area (Å²) in [5.74, 6) is -1.47. The Kier molecular flexibility index (Phi) is 3.29. The first-order valence-electron chi connectivity index (χ1n) is 5.04. The highest BCUT2D eigenvalue weighted by Crippen LogP contribution is 2.20. The predicted molar refractivity (Wildman–Crippen MR) is 70.1 cm³/mol. The molecule has 92 valence electrons. The molecule has 0 aliphatic rings. The highest BCUT2D eigenvalue weighted by Gasteiger charge is 2.13. The van der Waals surface area contributed by atoms with Crippen LogP contribution in [0.2, 0.25) is 0 Å². The summed E-state index contributed by atoms with van der Waals surface area (Å²) in [6, 6.07) is 5.92. The Morgan fingerprint density at radius 1 is 1.28 bits per heavy atom. The van der Waals surface area contributed by atoms with Crippen LogP contribution >= 0.6 is 11.3 Å². The number of thiophene rings is 1. The van der Waals surface area contributed by atoms with Gasteiger partial charge in [0.2, 0.25) is 0 Å². The number of anilines is 2. The van der Waals surface area contributed by atoms with E-state index in [-0.39, 0.29) is 17.2 Å². The summed E-state index contributed by atoms with van der Waals surface area (Å²) in [6.07, 6.45) is 0. The third kappa shape index (κ3) is 2.49. The molecule has 0 saturated carbocycles. The van der Waals surface area contributed by atoms with E-state index < -0.39 is 5.97 Å². The molecule has 0 fully saturated rings. The number of carboxylic acids is 1. The van der Waals surface area contributed by atoms with E-state index in [1.165, 1.54) is 29.5 Å². The van der Waals surface area contributed by atoms with Crippen molar-refractivity contribution in [3.05, 3.63) is 46.2 Å². The minimum Gasteiger partial charge on any atom is -0.478 e. The number of nitrogens with two attached hydrogens (primary N) is 1. The lowest BCUT2D eigenvalue weighted by atomic mass is 10.1. The number of nitrogens with one attached hydrogen (secondary N) is 1. The third-order valence-corrected chi connectivity index (χ3v) is 2.99. The Labute approximate surface area is 107 Å². The molecule has 0 atom stereocenters. The Hall–Kier alpha value is -2.34. The van der Waals surface area contributed by atoms with Crippen LogP contribution in [0, 0.1) is 0 Å². The van der Waals surface area contributed by atoms with Crippen molar-refractivity contribution < 1.29 is 14.7 Å². The normalized spacial score (nSPS) is 10.0. The monoisotopic (exact) mass is 262 g/mol. The molecule has 0 spiro atoms. The molecule has 0 aliphatic heterocycles. The van der Waals surface area contributed by atoms with Crippen molar-refractivity contribution in [3.8, 4) is 0 Å². The van der Waals surface area contributed by atoms with Crippen LogP contribution < -0.4 is 11.1 Å². The van der Waals surface area contributed by atoms with Crippen molar-refractivity contribution >= 4 is 34.6 Å². The molecule has 6 heteroatoms. The molecule has 4 N–H and O–H groups in total. The van der Waals surface area contributed by atoms with E-state index in [1.807, 2.05) is 0 Å². The van der Waals surface area contributed by atoms with Crippen LogP contribution in [0.4, 0.5) is 11.4 Å². The van der Waals surface area contributed by atoms with Gasteiger partial charge in [-0.05, 0) is 29.6 Å². The molecule has 0 radical (unpaired) electrons. The van der Waals surface area contributed by atoms with Crippen LogP contribution in [0.15, 0.2) is 35.0 Å². The van der Waals surface area contributed by atoms with Gasteiger partial charge in [-0.1, -0.05) is 0 Å². The first-order chi connectivity index (χ1) is 8.58. The Balaban J connectivity index is 2.31. The second-order valence-corrected chi connectivity index (χ2v) is 4.36. The fourth-order valence-corrected chi connectivity index (χ4v) is 2.08. The zero-order valence-corrected chi connectivity index (χ0v) is 10.0. The van der Waals surface area contributed by atoms with Crippen LogP contribution in [0.25, 0.3) is 0 Å². The number of amides is 1. The number of aromatic carboxylic acids is 1. The molecular weight excluding hydrogens is 252 g/mol. The molecule has 0 aliphatic carbocycles. The minimum absolute atomic E-state index is 0.00720. The molecule has 2 aromatic rings. The van der Waals surface area contributed by atoms with Gasteiger partial charge >= 0.3 is 5.97 Å². The summed E-state index contributed by atoms with van der Waals surface area (Å²) < 4.78 is 0. The third-order valence-electron chi connectivity index (χ3n) is 2.31. The van der Waals surface area contributed by atoms with Gasteiger partial charge in [-0.15, -0.1) is 0 Å². The standard InChI is InChI=1S/C12H10N2O3S/c13-8-1-2-9(12(16)17)10(5-8)14-11(15)7-3-4-18-6-7/h1-6H,13H2,(H,14,15)(H,16,17). The summed E-state index contributed by atoms with van der Waals surface area (Å²) in [4.78, 5) is 22.8. The summed E-state index contributed by atoms with van der Waals surface area (Å²) in [7, 11) is 0. The van der Waals surface area contributed by atoms with Gasteiger partial charge in [0.05, 0.1) is 16.8 Å². The molecular formula is C12H10N2O3S. The first kappa shape index (κ1) is 12.1. The van der Waals surface area contributed by atoms with Gasteiger partial charge in [0, 0.05) is 11.1 Å². The van der Waals surface area contributed by atoms with Gasteiger partial charge < -0.3 is 16.2 Å². The van der Waals surface area contributed by atoms with Crippen LogP contribution in [0.5, 0.6) is 0 Å². The van der Waals surface area contributed by atoms with Crippen molar-refractivity contribution in [2.45, 2.75) is 0 Å².